The molecule has 2 aromatic carbocycles. The molecule has 1 saturated heterocycles. The molecule has 0 saturated carbocycles. The van der Waals surface area contributed by atoms with Gasteiger partial charge in [-0.15, -0.1) is 0 Å². The fourth-order valence-corrected chi connectivity index (χ4v) is 4.91. The Morgan fingerprint density at radius 1 is 0.875 bits per heavy atom. The Kier molecular flexibility index (Phi) is 6.39. The molecule has 24 heavy (non-hydrogen) atoms. The van der Waals surface area contributed by atoms with Gasteiger partial charge in [-0.25, -0.2) is 0 Å². The zero-order valence-corrected chi connectivity index (χ0v) is 15.4. The molecule has 0 aliphatic carbocycles. The average Bonchev–Trinajstić information content (AvgIpc) is 2.59. The molecule has 0 amide bonds. The standard InChI is InChI=1S/C20H26NO2P/c1-3-22-24(23-4-2)19-15-21(16-19)20(17-11-7-5-8-12-17)18-13-9-6-10-14-18/h5-14,19-20H,3-4,15-16H2,1-2H3. The summed E-state index contributed by atoms with van der Waals surface area (Å²) in [4.78, 5) is 2.53. The van der Waals surface area contributed by atoms with Crippen molar-refractivity contribution in [1.29, 1.82) is 0 Å². The van der Waals surface area contributed by atoms with Crippen molar-refractivity contribution in [3.05, 3.63) is 71.8 Å². The maximum absolute atomic E-state index is 5.84. The molecule has 0 spiro atoms. The summed E-state index contributed by atoms with van der Waals surface area (Å²) >= 11 is 0. The highest BCUT2D eigenvalue weighted by Crippen LogP contribution is 2.49. The van der Waals surface area contributed by atoms with Gasteiger partial charge in [-0.05, 0) is 25.0 Å². The maximum Gasteiger partial charge on any atom is 0.176 e. The van der Waals surface area contributed by atoms with Crippen LogP contribution in [0.25, 0.3) is 0 Å². The van der Waals surface area contributed by atoms with Gasteiger partial charge in [0.25, 0.3) is 0 Å². The highest BCUT2D eigenvalue weighted by atomic mass is 31.2. The first-order chi connectivity index (χ1) is 11.8. The predicted octanol–water partition coefficient (Wildman–Crippen LogP) is 4.85. The summed E-state index contributed by atoms with van der Waals surface area (Å²) in [5.41, 5.74) is 3.20. The summed E-state index contributed by atoms with van der Waals surface area (Å²) in [5.74, 6) is 0. The van der Waals surface area contributed by atoms with E-state index < -0.39 is 8.38 Å². The number of nitrogens with zero attached hydrogens (tertiary/aromatic N) is 1. The van der Waals surface area contributed by atoms with Crippen molar-refractivity contribution in [2.75, 3.05) is 26.3 Å². The van der Waals surface area contributed by atoms with Gasteiger partial charge >= 0.3 is 0 Å². The van der Waals surface area contributed by atoms with E-state index in [-0.39, 0.29) is 0 Å². The van der Waals surface area contributed by atoms with E-state index in [4.69, 9.17) is 9.05 Å². The summed E-state index contributed by atoms with van der Waals surface area (Å²) in [7, 11) is -0.766. The molecule has 128 valence electrons. The Balaban J connectivity index is 1.75. The highest BCUT2D eigenvalue weighted by molar-refractivity contribution is 7.48. The van der Waals surface area contributed by atoms with E-state index in [9.17, 15) is 0 Å². The average molecular weight is 343 g/mol. The molecule has 0 radical (unpaired) electrons. The van der Waals surface area contributed by atoms with Crippen LogP contribution >= 0.6 is 8.38 Å². The van der Waals surface area contributed by atoms with Crippen LogP contribution in [0.1, 0.15) is 31.0 Å². The highest BCUT2D eigenvalue weighted by Gasteiger charge is 2.39. The first kappa shape index (κ1) is 17.6. The molecule has 3 nitrogen and oxygen atoms in total. The fourth-order valence-electron chi connectivity index (χ4n) is 3.22. The molecule has 4 heteroatoms. The van der Waals surface area contributed by atoms with Crippen molar-refractivity contribution in [2.24, 2.45) is 0 Å². The van der Waals surface area contributed by atoms with E-state index in [0.29, 0.717) is 11.7 Å². The van der Waals surface area contributed by atoms with Crippen molar-refractivity contribution < 1.29 is 9.05 Å². The molecule has 1 aliphatic heterocycles. The van der Waals surface area contributed by atoms with Gasteiger partial charge < -0.3 is 9.05 Å². The SMILES string of the molecule is CCOP(OCC)C1CN(C(c2ccccc2)c2ccccc2)C1. The molecule has 1 fully saturated rings. The van der Waals surface area contributed by atoms with Crippen LogP contribution in [-0.2, 0) is 9.05 Å². The van der Waals surface area contributed by atoms with Crippen LogP contribution in [0.2, 0.25) is 0 Å². The van der Waals surface area contributed by atoms with E-state index in [0.717, 1.165) is 26.3 Å². The first-order valence-corrected chi connectivity index (χ1v) is 9.97. The third-order valence-corrected chi connectivity index (χ3v) is 6.25. The van der Waals surface area contributed by atoms with Gasteiger partial charge in [0, 0.05) is 13.1 Å². The van der Waals surface area contributed by atoms with Gasteiger partial charge in [0.2, 0.25) is 0 Å². The molecular formula is C20H26NO2P. The lowest BCUT2D eigenvalue weighted by Crippen LogP contribution is -2.51. The smallest absolute Gasteiger partial charge is 0.176 e. The van der Waals surface area contributed by atoms with Crippen LogP contribution in [0.4, 0.5) is 0 Å². The normalized spacial score (nSPS) is 15.8. The molecule has 0 N–H and O–H groups in total. The van der Waals surface area contributed by atoms with Gasteiger partial charge in [0.1, 0.15) is 0 Å². The summed E-state index contributed by atoms with van der Waals surface area (Å²) in [6.07, 6.45) is 0. The van der Waals surface area contributed by atoms with E-state index >= 15 is 0 Å². The van der Waals surface area contributed by atoms with E-state index in [2.05, 4.69) is 65.6 Å². The summed E-state index contributed by atoms with van der Waals surface area (Å²) in [6.45, 7) is 7.59. The van der Waals surface area contributed by atoms with Crippen molar-refractivity contribution >= 4 is 8.38 Å². The van der Waals surface area contributed by atoms with E-state index in [1.807, 2.05) is 13.8 Å². The summed E-state index contributed by atoms with van der Waals surface area (Å²) in [6, 6.07) is 21.8. The largest absolute Gasteiger partial charge is 0.334 e. The van der Waals surface area contributed by atoms with Crippen molar-refractivity contribution in [3.63, 3.8) is 0 Å². The van der Waals surface area contributed by atoms with Crippen LogP contribution in [0.3, 0.4) is 0 Å². The monoisotopic (exact) mass is 343 g/mol. The number of hydrogen-bond acceptors (Lipinski definition) is 3. The Bertz CT molecular complexity index is 556. The minimum atomic E-state index is -0.766. The van der Waals surface area contributed by atoms with Crippen molar-refractivity contribution in [3.8, 4) is 0 Å². The molecular weight excluding hydrogens is 317 g/mol. The van der Waals surface area contributed by atoms with Crippen LogP contribution in [-0.4, -0.2) is 36.9 Å². The van der Waals surface area contributed by atoms with Crippen molar-refractivity contribution in [1.82, 2.24) is 4.90 Å². The maximum atomic E-state index is 5.84. The van der Waals surface area contributed by atoms with Crippen LogP contribution < -0.4 is 0 Å². The molecule has 0 aromatic heterocycles. The van der Waals surface area contributed by atoms with Crippen LogP contribution in [0, 0.1) is 0 Å². The Morgan fingerprint density at radius 3 is 1.75 bits per heavy atom. The predicted molar refractivity (Wildman–Crippen MR) is 100 cm³/mol. The number of rotatable bonds is 8. The first-order valence-electron chi connectivity index (χ1n) is 8.72. The molecule has 1 heterocycles. The minimum absolute atomic E-state index is 0.309. The second-order valence-corrected chi connectivity index (χ2v) is 7.77. The van der Waals surface area contributed by atoms with E-state index in [1.54, 1.807) is 0 Å². The topological polar surface area (TPSA) is 21.7 Å². The molecule has 0 bridgehead atoms. The van der Waals surface area contributed by atoms with Gasteiger partial charge in [0.15, 0.2) is 8.38 Å². The molecule has 1 aliphatic rings. The molecule has 0 unspecified atom stereocenters. The van der Waals surface area contributed by atoms with Gasteiger partial charge in [-0.2, -0.15) is 0 Å². The summed E-state index contributed by atoms with van der Waals surface area (Å²) < 4.78 is 11.7. The molecule has 3 rings (SSSR count). The van der Waals surface area contributed by atoms with Crippen LogP contribution in [0.5, 0.6) is 0 Å². The van der Waals surface area contributed by atoms with Crippen LogP contribution in [0.15, 0.2) is 60.7 Å². The minimum Gasteiger partial charge on any atom is -0.334 e. The Morgan fingerprint density at radius 2 is 1.33 bits per heavy atom. The lowest BCUT2D eigenvalue weighted by molar-refractivity contribution is 0.127. The van der Waals surface area contributed by atoms with E-state index in [1.165, 1.54) is 11.1 Å². The van der Waals surface area contributed by atoms with Gasteiger partial charge in [0.05, 0.1) is 24.9 Å². The number of hydrogen-bond donors (Lipinski definition) is 0. The quantitative estimate of drug-likeness (QED) is 0.640. The van der Waals surface area contributed by atoms with Gasteiger partial charge in [-0.3, -0.25) is 4.90 Å². The zero-order valence-electron chi connectivity index (χ0n) is 14.5. The number of likely N-dealkylation sites (tertiary alicyclic amines) is 1. The Hall–Kier alpha value is -1.25. The third kappa shape index (κ3) is 4.04. The zero-order chi connectivity index (χ0) is 16.8. The third-order valence-electron chi connectivity index (χ3n) is 4.30. The van der Waals surface area contributed by atoms with Crippen molar-refractivity contribution in [2.45, 2.75) is 25.5 Å². The summed E-state index contributed by atoms with van der Waals surface area (Å²) in [5, 5.41) is 0. The second kappa shape index (κ2) is 8.73. The lowest BCUT2D eigenvalue weighted by atomic mass is 9.94. The number of benzene rings is 2. The second-order valence-electron chi connectivity index (χ2n) is 5.95. The molecule has 0 atom stereocenters. The molecule has 2 aromatic rings. The fraction of sp³-hybridized carbons (Fsp3) is 0.400. The van der Waals surface area contributed by atoms with Gasteiger partial charge in [-0.1, -0.05) is 60.7 Å². The Labute approximate surface area is 146 Å². The lowest BCUT2D eigenvalue weighted by Gasteiger charge is -2.46.